The van der Waals surface area contributed by atoms with Crippen molar-refractivity contribution in [3.63, 3.8) is 0 Å². The molecule has 0 radical (unpaired) electrons. The van der Waals surface area contributed by atoms with Crippen molar-refractivity contribution in [3.05, 3.63) is 41.7 Å². The summed E-state index contributed by atoms with van der Waals surface area (Å²) in [4.78, 5) is 4.14. The van der Waals surface area contributed by atoms with Gasteiger partial charge in [0.05, 0.1) is 13.1 Å². The number of halogens is 1. The number of benzene rings is 1. The van der Waals surface area contributed by atoms with E-state index >= 15 is 0 Å². The summed E-state index contributed by atoms with van der Waals surface area (Å²) in [7, 11) is 0. The average Bonchev–Trinajstić information content (AvgIpc) is 3.01. The maximum absolute atomic E-state index is 4.53. The zero-order valence-electron chi connectivity index (χ0n) is 13.6. The van der Waals surface area contributed by atoms with Crippen LogP contribution >= 0.6 is 12.4 Å². The van der Waals surface area contributed by atoms with E-state index in [9.17, 15) is 0 Å². The third-order valence-electron chi connectivity index (χ3n) is 4.24. The fourth-order valence-electron chi connectivity index (χ4n) is 3.01. The van der Waals surface area contributed by atoms with Crippen LogP contribution in [-0.4, -0.2) is 50.8 Å². The first-order chi connectivity index (χ1) is 10.8. The monoisotopic (exact) mass is 336 g/mol. The predicted octanol–water partition coefficient (Wildman–Crippen LogP) is 1.72. The molecule has 1 saturated heterocycles. The molecule has 0 aliphatic carbocycles. The summed E-state index contributed by atoms with van der Waals surface area (Å²) < 4.78 is 0. The first kappa shape index (κ1) is 17.8. The number of nitrogens with one attached hydrogen (secondary N) is 1. The number of aromatic nitrogens is 4. The quantitative estimate of drug-likeness (QED) is 0.870. The van der Waals surface area contributed by atoms with Gasteiger partial charge in [-0.05, 0) is 43.3 Å². The number of nitrogens with zero attached hydrogens (tertiary/aromatic N) is 5. The highest BCUT2D eigenvalue weighted by molar-refractivity contribution is 5.85. The van der Waals surface area contributed by atoms with Crippen LogP contribution in [0.3, 0.4) is 0 Å². The Morgan fingerprint density at radius 2 is 1.96 bits per heavy atom. The lowest BCUT2D eigenvalue weighted by Gasteiger charge is -2.32. The van der Waals surface area contributed by atoms with E-state index in [-0.39, 0.29) is 12.4 Å². The predicted molar refractivity (Wildman–Crippen MR) is 92.6 cm³/mol. The molecule has 2 heterocycles. The smallest absolute Gasteiger partial charge is 0.188 e. The Kier molecular flexibility index (Phi) is 6.95. The molecule has 23 heavy (non-hydrogen) atoms. The van der Waals surface area contributed by atoms with Gasteiger partial charge in [0.25, 0.3) is 0 Å². The van der Waals surface area contributed by atoms with Gasteiger partial charge >= 0.3 is 0 Å². The average molecular weight is 337 g/mol. The maximum atomic E-state index is 4.53. The first-order valence-corrected chi connectivity index (χ1v) is 8.10. The van der Waals surface area contributed by atoms with Gasteiger partial charge in [-0.2, -0.15) is 4.80 Å². The molecule has 1 aliphatic rings. The van der Waals surface area contributed by atoms with E-state index in [1.165, 1.54) is 18.4 Å². The summed E-state index contributed by atoms with van der Waals surface area (Å²) in [6.45, 7) is 6.90. The third kappa shape index (κ3) is 4.99. The van der Waals surface area contributed by atoms with Crippen molar-refractivity contribution >= 4 is 12.4 Å². The summed E-state index contributed by atoms with van der Waals surface area (Å²) in [5.74, 6) is 0.816. The molecule has 0 bridgehead atoms. The number of hydrogen-bond acceptors (Lipinski definition) is 5. The summed E-state index contributed by atoms with van der Waals surface area (Å²) in [5, 5.41) is 16.3. The highest BCUT2D eigenvalue weighted by Gasteiger charge is 2.21. The van der Waals surface area contributed by atoms with E-state index in [2.05, 4.69) is 44.7 Å². The molecular weight excluding hydrogens is 312 g/mol. The van der Waals surface area contributed by atoms with Crippen LogP contribution in [0.15, 0.2) is 30.3 Å². The lowest BCUT2D eigenvalue weighted by molar-refractivity contribution is 0.158. The minimum Gasteiger partial charge on any atom is -0.317 e. The SMILES string of the molecule is CCN(Cc1nnn(Cc2ccccc2)n1)C1CCNCC1.Cl. The molecule has 126 valence electrons. The Bertz CT molecular complexity index is 567. The van der Waals surface area contributed by atoms with Crippen LogP contribution in [0.1, 0.15) is 31.2 Å². The van der Waals surface area contributed by atoms with Crippen LogP contribution < -0.4 is 5.32 Å². The van der Waals surface area contributed by atoms with Crippen molar-refractivity contribution in [2.45, 2.75) is 38.9 Å². The minimum atomic E-state index is 0. The summed E-state index contributed by atoms with van der Waals surface area (Å²) >= 11 is 0. The van der Waals surface area contributed by atoms with Gasteiger partial charge < -0.3 is 5.32 Å². The number of piperidine rings is 1. The summed E-state index contributed by atoms with van der Waals surface area (Å²) in [6, 6.07) is 10.9. The van der Waals surface area contributed by atoms with Crippen molar-refractivity contribution in [2.24, 2.45) is 0 Å². The molecule has 0 unspecified atom stereocenters. The van der Waals surface area contributed by atoms with Gasteiger partial charge in [0.2, 0.25) is 0 Å². The molecule has 7 heteroatoms. The van der Waals surface area contributed by atoms with Crippen molar-refractivity contribution in [2.75, 3.05) is 19.6 Å². The molecule has 1 aliphatic heterocycles. The molecule has 1 aromatic carbocycles. The van der Waals surface area contributed by atoms with E-state index in [0.717, 1.165) is 32.0 Å². The van der Waals surface area contributed by atoms with Gasteiger partial charge in [0.15, 0.2) is 5.82 Å². The van der Waals surface area contributed by atoms with Crippen LogP contribution in [0.2, 0.25) is 0 Å². The molecule has 1 N–H and O–H groups in total. The second kappa shape index (κ2) is 8.96. The van der Waals surface area contributed by atoms with E-state index in [0.29, 0.717) is 12.6 Å². The highest BCUT2D eigenvalue weighted by Crippen LogP contribution is 2.13. The van der Waals surface area contributed by atoms with E-state index in [1.807, 2.05) is 18.2 Å². The molecule has 1 fully saturated rings. The highest BCUT2D eigenvalue weighted by atomic mass is 35.5. The van der Waals surface area contributed by atoms with E-state index < -0.39 is 0 Å². The zero-order chi connectivity index (χ0) is 15.2. The lowest BCUT2D eigenvalue weighted by Crippen LogP contribution is -2.42. The van der Waals surface area contributed by atoms with Crippen LogP contribution in [-0.2, 0) is 13.1 Å². The van der Waals surface area contributed by atoms with Crippen LogP contribution in [0.5, 0.6) is 0 Å². The van der Waals surface area contributed by atoms with Crippen LogP contribution in [0.25, 0.3) is 0 Å². The van der Waals surface area contributed by atoms with Gasteiger partial charge in [-0.3, -0.25) is 4.90 Å². The van der Waals surface area contributed by atoms with Crippen molar-refractivity contribution < 1.29 is 0 Å². The lowest BCUT2D eigenvalue weighted by atomic mass is 10.0. The third-order valence-corrected chi connectivity index (χ3v) is 4.24. The van der Waals surface area contributed by atoms with Crippen LogP contribution in [0.4, 0.5) is 0 Å². The Hall–Kier alpha value is -1.50. The fraction of sp³-hybridized carbons (Fsp3) is 0.562. The number of hydrogen-bond donors (Lipinski definition) is 1. The Labute approximate surface area is 143 Å². The van der Waals surface area contributed by atoms with Crippen LogP contribution in [0, 0.1) is 0 Å². The van der Waals surface area contributed by atoms with E-state index in [4.69, 9.17) is 0 Å². The molecule has 0 atom stereocenters. The molecule has 0 amide bonds. The number of rotatable bonds is 6. The van der Waals surface area contributed by atoms with Gasteiger partial charge in [-0.15, -0.1) is 22.6 Å². The molecule has 6 nitrogen and oxygen atoms in total. The van der Waals surface area contributed by atoms with Crippen molar-refractivity contribution in [3.8, 4) is 0 Å². The molecule has 3 rings (SSSR count). The molecule has 0 spiro atoms. The molecule has 1 aromatic heterocycles. The second-order valence-electron chi connectivity index (χ2n) is 5.77. The van der Waals surface area contributed by atoms with Crippen molar-refractivity contribution in [1.29, 1.82) is 0 Å². The summed E-state index contributed by atoms with van der Waals surface area (Å²) in [5.41, 5.74) is 1.19. The topological polar surface area (TPSA) is 58.9 Å². The summed E-state index contributed by atoms with van der Waals surface area (Å²) in [6.07, 6.45) is 2.40. The molecule has 2 aromatic rings. The molecular formula is C16H25ClN6. The number of tetrazole rings is 1. The Balaban J connectivity index is 0.00000192. The second-order valence-corrected chi connectivity index (χ2v) is 5.77. The van der Waals surface area contributed by atoms with Gasteiger partial charge in [-0.1, -0.05) is 37.3 Å². The zero-order valence-corrected chi connectivity index (χ0v) is 14.4. The minimum absolute atomic E-state index is 0. The van der Waals surface area contributed by atoms with Gasteiger partial charge in [-0.25, -0.2) is 0 Å². The Morgan fingerprint density at radius 1 is 1.22 bits per heavy atom. The van der Waals surface area contributed by atoms with Crippen molar-refractivity contribution in [1.82, 2.24) is 30.4 Å². The molecule has 0 saturated carbocycles. The first-order valence-electron chi connectivity index (χ1n) is 8.10. The van der Waals surface area contributed by atoms with Gasteiger partial charge in [0, 0.05) is 6.04 Å². The standard InChI is InChI=1S/C16H24N6.ClH/c1-2-21(15-8-10-17-11-9-15)13-16-18-20-22(19-16)12-14-6-4-3-5-7-14;/h3-7,15,17H,2,8-13H2,1H3;1H. The Morgan fingerprint density at radius 3 is 2.65 bits per heavy atom. The maximum Gasteiger partial charge on any atom is 0.188 e. The van der Waals surface area contributed by atoms with E-state index in [1.54, 1.807) is 4.80 Å². The van der Waals surface area contributed by atoms with Gasteiger partial charge in [0.1, 0.15) is 0 Å². The largest absolute Gasteiger partial charge is 0.317 e. The normalized spacial score (nSPS) is 15.6. The fourth-order valence-corrected chi connectivity index (χ4v) is 3.01.